The Morgan fingerprint density at radius 2 is 2.17 bits per heavy atom. The molecule has 4 nitrogen and oxygen atoms in total. The van der Waals surface area contributed by atoms with E-state index in [0.717, 1.165) is 58.2 Å². The molecule has 0 bridgehead atoms. The van der Waals surface area contributed by atoms with Gasteiger partial charge in [-0.1, -0.05) is 6.92 Å². The van der Waals surface area contributed by atoms with Crippen LogP contribution in [0.1, 0.15) is 61.3 Å². The van der Waals surface area contributed by atoms with Gasteiger partial charge in [0.15, 0.2) is 0 Å². The number of aryl methyl sites for hydroxylation is 1. The van der Waals surface area contributed by atoms with Crippen LogP contribution >= 0.6 is 11.3 Å². The first-order valence-corrected chi connectivity index (χ1v) is 11.9. The van der Waals surface area contributed by atoms with Crippen LogP contribution < -0.4 is 5.32 Å². The Morgan fingerprint density at radius 1 is 1.40 bits per heavy atom. The summed E-state index contributed by atoms with van der Waals surface area (Å²) in [4.78, 5) is 16.9. The number of halogens is 3. The second kappa shape index (κ2) is 8.43. The third-order valence-electron chi connectivity index (χ3n) is 6.91. The van der Waals surface area contributed by atoms with Crippen molar-refractivity contribution in [3.8, 4) is 0 Å². The van der Waals surface area contributed by atoms with Gasteiger partial charge in [-0.2, -0.15) is 13.2 Å². The van der Waals surface area contributed by atoms with Crippen LogP contribution in [0.4, 0.5) is 13.2 Å². The molecule has 4 rings (SSSR count). The van der Waals surface area contributed by atoms with Gasteiger partial charge in [0.1, 0.15) is 6.42 Å². The molecule has 1 spiro atoms. The molecular weight excluding hydrogens is 413 g/mol. The highest BCUT2D eigenvalue weighted by Crippen LogP contribution is 2.46. The van der Waals surface area contributed by atoms with Crippen LogP contribution in [0.5, 0.6) is 0 Å². The van der Waals surface area contributed by atoms with E-state index in [4.69, 9.17) is 4.74 Å². The first-order valence-electron chi connectivity index (χ1n) is 11.0. The van der Waals surface area contributed by atoms with Crippen molar-refractivity contribution < 1.29 is 22.7 Å². The highest BCUT2D eigenvalue weighted by Gasteiger charge is 2.45. The molecule has 1 saturated carbocycles. The summed E-state index contributed by atoms with van der Waals surface area (Å²) in [5.41, 5.74) is 1.26. The Bertz CT molecular complexity index is 775. The quantitative estimate of drug-likeness (QED) is 0.732. The highest BCUT2D eigenvalue weighted by molar-refractivity contribution is 7.12. The number of nitrogens with one attached hydrogen (secondary N) is 1. The molecule has 2 fully saturated rings. The van der Waals surface area contributed by atoms with Gasteiger partial charge in [-0.3, -0.25) is 4.79 Å². The fourth-order valence-corrected chi connectivity index (χ4v) is 6.52. The van der Waals surface area contributed by atoms with E-state index < -0.39 is 18.5 Å². The molecule has 2 atom stereocenters. The monoisotopic (exact) mass is 444 g/mol. The maximum absolute atomic E-state index is 12.3. The number of fused-ring (bicyclic) bond motifs is 2. The van der Waals surface area contributed by atoms with Crippen molar-refractivity contribution in [2.45, 2.75) is 82.7 Å². The normalized spacial score (nSPS) is 32.0. The molecule has 2 aliphatic heterocycles. The molecule has 1 amide bonds. The summed E-state index contributed by atoms with van der Waals surface area (Å²) in [6.07, 6.45) is -0.230. The number of ether oxygens (including phenoxy) is 1. The first kappa shape index (κ1) is 22.1. The molecule has 1 saturated heterocycles. The van der Waals surface area contributed by atoms with Crippen molar-refractivity contribution in [2.24, 2.45) is 5.92 Å². The molecule has 8 heteroatoms. The minimum Gasteiger partial charge on any atom is -0.370 e. The van der Waals surface area contributed by atoms with Gasteiger partial charge in [0.25, 0.3) is 0 Å². The lowest BCUT2D eigenvalue weighted by Crippen LogP contribution is -2.54. The van der Waals surface area contributed by atoms with Crippen LogP contribution in [0.2, 0.25) is 0 Å². The third kappa shape index (κ3) is 4.70. The fraction of sp³-hybridized carbons (Fsp3) is 0.773. The Labute approximate surface area is 180 Å². The number of hydrogen-bond donors (Lipinski definition) is 1. The Morgan fingerprint density at radius 3 is 2.83 bits per heavy atom. The number of piperidine rings is 1. The smallest absolute Gasteiger partial charge is 0.370 e. The summed E-state index contributed by atoms with van der Waals surface area (Å²) >= 11 is 1.94. The molecule has 3 heterocycles. The van der Waals surface area contributed by atoms with Gasteiger partial charge < -0.3 is 15.0 Å². The first-order chi connectivity index (χ1) is 14.2. The van der Waals surface area contributed by atoms with Gasteiger partial charge in [0.05, 0.1) is 12.2 Å². The molecule has 3 aliphatic rings. The average molecular weight is 445 g/mol. The van der Waals surface area contributed by atoms with Gasteiger partial charge in [0, 0.05) is 41.3 Å². The van der Waals surface area contributed by atoms with E-state index in [9.17, 15) is 18.0 Å². The van der Waals surface area contributed by atoms with E-state index in [-0.39, 0.29) is 11.6 Å². The number of thiophene rings is 1. The SMILES string of the molecule is CCc1cc2c(s1)CCO[C@@]21CCN(C[C@H]2C[C@@H](NC(=O)CC(F)(F)F)C2)[C@@H](C)C1. The zero-order chi connectivity index (χ0) is 21.5. The zero-order valence-corrected chi connectivity index (χ0v) is 18.5. The van der Waals surface area contributed by atoms with E-state index in [1.165, 1.54) is 15.3 Å². The number of nitrogens with zero attached hydrogens (tertiary/aromatic N) is 1. The standard InChI is InChI=1S/C22H31F3N2O2S/c1-3-17-10-18-19(30-17)4-7-29-21(18)5-6-27(14(2)11-21)13-15-8-16(9-15)26-20(28)12-22(23,24)25/h10,14-16H,3-9,11-13H2,1-2H3,(H,26,28)/t14-,15-,16+,21+/m0/s1. The number of amides is 1. The molecular formula is C22H31F3N2O2S. The number of rotatable bonds is 5. The second-order valence-electron chi connectivity index (χ2n) is 9.19. The van der Waals surface area contributed by atoms with Crippen LogP contribution in [-0.4, -0.2) is 48.8 Å². The molecule has 0 unspecified atom stereocenters. The number of carbonyl (C=O) groups excluding carboxylic acids is 1. The van der Waals surface area contributed by atoms with Gasteiger partial charge in [-0.25, -0.2) is 0 Å². The van der Waals surface area contributed by atoms with Crippen LogP contribution in [0, 0.1) is 5.92 Å². The van der Waals surface area contributed by atoms with Gasteiger partial charge in [0.2, 0.25) is 5.91 Å². The summed E-state index contributed by atoms with van der Waals surface area (Å²) in [5.74, 6) is -0.472. The molecule has 1 aromatic rings. The van der Waals surface area contributed by atoms with E-state index in [1.54, 1.807) is 0 Å². The van der Waals surface area contributed by atoms with Gasteiger partial charge in [-0.05, 0) is 56.6 Å². The molecule has 0 aromatic carbocycles. The lowest BCUT2D eigenvalue weighted by atomic mass is 9.76. The number of likely N-dealkylation sites (tertiary alicyclic amines) is 1. The van der Waals surface area contributed by atoms with Crippen molar-refractivity contribution in [3.63, 3.8) is 0 Å². The fourth-order valence-electron chi connectivity index (χ4n) is 5.34. The summed E-state index contributed by atoms with van der Waals surface area (Å²) in [6.45, 7) is 7.17. The second-order valence-corrected chi connectivity index (χ2v) is 10.4. The van der Waals surface area contributed by atoms with Crippen molar-refractivity contribution in [3.05, 3.63) is 21.4 Å². The third-order valence-corrected chi connectivity index (χ3v) is 8.25. The predicted molar refractivity (Wildman–Crippen MR) is 111 cm³/mol. The molecule has 30 heavy (non-hydrogen) atoms. The highest BCUT2D eigenvalue weighted by atomic mass is 32.1. The Hall–Kier alpha value is -1.12. The van der Waals surface area contributed by atoms with Crippen LogP contribution in [0.3, 0.4) is 0 Å². The predicted octanol–water partition coefficient (Wildman–Crippen LogP) is 4.41. The summed E-state index contributed by atoms with van der Waals surface area (Å²) in [7, 11) is 0. The largest absolute Gasteiger partial charge is 0.397 e. The topological polar surface area (TPSA) is 41.6 Å². The van der Waals surface area contributed by atoms with Crippen molar-refractivity contribution >= 4 is 17.2 Å². The average Bonchev–Trinajstić information content (AvgIpc) is 3.05. The maximum atomic E-state index is 12.3. The van der Waals surface area contributed by atoms with Crippen molar-refractivity contribution in [1.82, 2.24) is 10.2 Å². The van der Waals surface area contributed by atoms with Crippen LogP contribution in [-0.2, 0) is 28.0 Å². The van der Waals surface area contributed by atoms with E-state index in [0.29, 0.717) is 12.0 Å². The molecule has 1 N–H and O–H groups in total. The minimum absolute atomic E-state index is 0.112. The number of alkyl halides is 3. The maximum Gasteiger partial charge on any atom is 0.397 e. The minimum atomic E-state index is -4.44. The lowest BCUT2D eigenvalue weighted by Gasteiger charge is -2.49. The van der Waals surface area contributed by atoms with Crippen molar-refractivity contribution in [2.75, 3.05) is 19.7 Å². The summed E-state index contributed by atoms with van der Waals surface area (Å²) in [5, 5.41) is 2.52. The van der Waals surface area contributed by atoms with E-state index in [2.05, 4.69) is 30.1 Å². The summed E-state index contributed by atoms with van der Waals surface area (Å²) < 4.78 is 43.3. The number of hydrogen-bond acceptors (Lipinski definition) is 4. The molecule has 168 valence electrons. The Balaban J connectivity index is 1.28. The van der Waals surface area contributed by atoms with Gasteiger partial charge >= 0.3 is 6.18 Å². The number of carbonyl (C=O) groups is 1. The summed E-state index contributed by atoms with van der Waals surface area (Å²) in [6, 6.07) is 2.65. The molecule has 1 aliphatic carbocycles. The molecule has 0 radical (unpaired) electrons. The van der Waals surface area contributed by atoms with Crippen LogP contribution in [0.25, 0.3) is 0 Å². The van der Waals surface area contributed by atoms with E-state index >= 15 is 0 Å². The van der Waals surface area contributed by atoms with E-state index in [1.807, 2.05) is 11.3 Å². The molecule has 1 aromatic heterocycles. The Kier molecular flexibility index (Phi) is 6.21. The van der Waals surface area contributed by atoms with Gasteiger partial charge in [-0.15, -0.1) is 11.3 Å². The zero-order valence-electron chi connectivity index (χ0n) is 17.7. The lowest BCUT2D eigenvalue weighted by molar-refractivity contribution is -0.155. The van der Waals surface area contributed by atoms with Crippen LogP contribution in [0.15, 0.2) is 6.07 Å². The van der Waals surface area contributed by atoms with Crippen molar-refractivity contribution in [1.29, 1.82) is 0 Å².